The molecule has 1 amide bonds. The Labute approximate surface area is 178 Å². The van der Waals surface area contributed by atoms with Gasteiger partial charge in [0.05, 0.1) is 4.90 Å². The van der Waals surface area contributed by atoms with Crippen LogP contribution in [-0.2, 0) is 16.4 Å². The van der Waals surface area contributed by atoms with Crippen molar-refractivity contribution in [3.63, 3.8) is 0 Å². The largest absolute Gasteiger partial charge is 0.322 e. The van der Waals surface area contributed by atoms with Gasteiger partial charge in [0, 0.05) is 24.3 Å². The predicted octanol–water partition coefficient (Wildman–Crippen LogP) is 4.56. The lowest BCUT2D eigenvalue weighted by atomic mass is 10.0. The Balaban J connectivity index is 1.84. The van der Waals surface area contributed by atoms with Crippen LogP contribution in [0.15, 0.2) is 83.8 Å². The van der Waals surface area contributed by atoms with Gasteiger partial charge in [-0.05, 0) is 41.8 Å². The summed E-state index contributed by atoms with van der Waals surface area (Å²) in [6, 6.07) is 23.8. The molecule has 0 aliphatic carbocycles. The van der Waals surface area contributed by atoms with E-state index in [1.54, 1.807) is 26.0 Å². The average molecular weight is 423 g/mol. The van der Waals surface area contributed by atoms with E-state index < -0.39 is 10.0 Å². The molecule has 30 heavy (non-hydrogen) atoms. The SMILES string of the molecule is CCN(CC)S(=O)(=O)c1cccc(C(=O)Nc2ccccc2Cc2ccccc2)c1. The fourth-order valence-electron chi connectivity index (χ4n) is 3.32. The van der Waals surface area contributed by atoms with Crippen LogP contribution in [-0.4, -0.2) is 31.7 Å². The molecule has 6 heteroatoms. The molecule has 3 aromatic rings. The van der Waals surface area contributed by atoms with Gasteiger partial charge in [0.1, 0.15) is 0 Å². The molecule has 0 heterocycles. The summed E-state index contributed by atoms with van der Waals surface area (Å²) in [7, 11) is -3.63. The molecule has 0 aliphatic rings. The van der Waals surface area contributed by atoms with E-state index in [2.05, 4.69) is 5.32 Å². The topological polar surface area (TPSA) is 66.5 Å². The predicted molar refractivity (Wildman–Crippen MR) is 120 cm³/mol. The molecule has 5 nitrogen and oxygen atoms in total. The van der Waals surface area contributed by atoms with Gasteiger partial charge in [0.2, 0.25) is 10.0 Å². The first-order valence-corrected chi connectivity index (χ1v) is 11.4. The van der Waals surface area contributed by atoms with Gasteiger partial charge in [-0.15, -0.1) is 0 Å². The zero-order valence-electron chi connectivity index (χ0n) is 17.2. The number of sulfonamides is 1. The molecule has 0 saturated carbocycles. The summed E-state index contributed by atoms with van der Waals surface area (Å²) >= 11 is 0. The van der Waals surface area contributed by atoms with Crippen molar-refractivity contribution in [2.75, 3.05) is 18.4 Å². The van der Waals surface area contributed by atoms with Crippen LogP contribution in [0.5, 0.6) is 0 Å². The number of nitrogens with zero attached hydrogens (tertiary/aromatic N) is 1. The summed E-state index contributed by atoms with van der Waals surface area (Å²) in [5, 5.41) is 2.94. The molecule has 0 bridgehead atoms. The number of benzene rings is 3. The molecule has 0 unspecified atom stereocenters. The molecule has 0 spiro atoms. The van der Waals surface area contributed by atoms with E-state index in [9.17, 15) is 13.2 Å². The molecule has 156 valence electrons. The number of hydrogen-bond donors (Lipinski definition) is 1. The summed E-state index contributed by atoms with van der Waals surface area (Å²) in [5.74, 6) is -0.341. The second-order valence-corrected chi connectivity index (χ2v) is 8.83. The van der Waals surface area contributed by atoms with E-state index in [1.807, 2.05) is 54.6 Å². The number of hydrogen-bond acceptors (Lipinski definition) is 3. The molecule has 0 atom stereocenters. The van der Waals surface area contributed by atoms with E-state index in [1.165, 1.54) is 16.4 Å². The van der Waals surface area contributed by atoms with Gasteiger partial charge in [-0.2, -0.15) is 4.31 Å². The van der Waals surface area contributed by atoms with Gasteiger partial charge in [0.15, 0.2) is 0 Å². The maximum absolute atomic E-state index is 12.9. The third kappa shape index (κ3) is 4.96. The van der Waals surface area contributed by atoms with Gasteiger partial charge in [-0.25, -0.2) is 8.42 Å². The molecule has 0 radical (unpaired) electrons. The minimum Gasteiger partial charge on any atom is -0.322 e. The molecule has 0 fully saturated rings. The van der Waals surface area contributed by atoms with Crippen LogP contribution < -0.4 is 5.32 Å². The molecule has 0 aromatic heterocycles. The zero-order valence-corrected chi connectivity index (χ0v) is 18.0. The van der Waals surface area contributed by atoms with Gasteiger partial charge < -0.3 is 5.32 Å². The number of anilines is 1. The second-order valence-electron chi connectivity index (χ2n) is 6.89. The lowest BCUT2D eigenvalue weighted by molar-refractivity contribution is 0.102. The van der Waals surface area contributed by atoms with Gasteiger partial charge in [-0.3, -0.25) is 4.79 Å². The Morgan fingerprint density at radius 3 is 2.23 bits per heavy atom. The average Bonchev–Trinajstić information content (AvgIpc) is 2.76. The highest BCUT2D eigenvalue weighted by Gasteiger charge is 2.22. The van der Waals surface area contributed by atoms with E-state index in [0.717, 1.165) is 11.1 Å². The first kappa shape index (κ1) is 21.7. The van der Waals surface area contributed by atoms with Crippen molar-refractivity contribution < 1.29 is 13.2 Å². The molecule has 3 aromatic carbocycles. The monoisotopic (exact) mass is 422 g/mol. The number of amides is 1. The van der Waals surface area contributed by atoms with Crippen molar-refractivity contribution in [2.24, 2.45) is 0 Å². The van der Waals surface area contributed by atoms with E-state index >= 15 is 0 Å². The van der Waals surface area contributed by atoms with E-state index in [0.29, 0.717) is 30.8 Å². The van der Waals surface area contributed by atoms with Gasteiger partial charge in [0.25, 0.3) is 5.91 Å². The van der Waals surface area contributed by atoms with Crippen LogP contribution >= 0.6 is 0 Å². The van der Waals surface area contributed by atoms with Gasteiger partial charge >= 0.3 is 0 Å². The fraction of sp³-hybridized carbons (Fsp3) is 0.208. The first-order chi connectivity index (χ1) is 14.5. The summed E-state index contributed by atoms with van der Waals surface area (Å²) in [6.45, 7) is 4.34. The van der Waals surface area contributed by atoms with Crippen LogP contribution in [0.4, 0.5) is 5.69 Å². The summed E-state index contributed by atoms with van der Waals surface area (Å²) in [5.41, 5.74) is 3.15. The van der Waals surface area contributed by atoms with Crippen LogP contribution in [0.2, 0.25) is 0 Å². The number of para-hydroxylation sites is 1. The molecular formula is C24H26N2O3S. The number of carbonyl (C=O) groups is 1. The smallest absolute Gasteiger partial charge is 0.255 e. The Morgan fingerprint density at radius 1 is 0.867 bits per heavy atom. The Hall–Kier alpha value is -2.96. The summed E-state index contributed by atoms with van der Waals surface area (Å²) < 4.78 is 26.9. The Bertz CT molecular complexity index is 1110. The minimum atomic E-state index is -3.63. The van der Waals surface area contributed by atoms with Crippen LogP contribution in [0.1, 0.15) is 35.3 Å². The third-order valence-electron chi connectivity index (χ3n) is 4.94. The van der Waals surface area contributed by atoms with Crippen LogP contribution in [0.25, 0.3) is 0 Å². The molecule has 1 N–H and O–H groups in total. The summed E-state index contributed by atoms with van der Waals surface area (Å²) in [4.78, 5) is 13.0. The summed E-state index contributed by atoms with van der Waals surface area (Å²) in [6.07, 6.45) is 0.688. The van der Waals surface area contributed by atoms with Crippen molar-refractivity contribution in [3.05, 3.63) is 95.6 Å². The third-order valence-corrected chi connectivity index (χ3v) is 6.99. The normalized spacial score (nSPS) is 11.4. The lowest BCUT2D eigenvalue weighted by Gasteiger charge is -2.18. The van der Waals surface area contributed by atoms with Crippen molar-refractivity contribution in [2.45, 2.75) is 25.2 Å². The number of rotatable bonds is 8. The maximum atomic E-state index is 12.9. The molecule has 3 rings (SSSR count). The zero-order chi connectivity index (χ0) is 21.6. The maximum Gasteiger partial charge on any atom is 0.255 e. The van der Waals surface area contributed by atoms with E-state index in [-0.39, 0.29) is 10.8 Å². The molecule has 0 aliphatic heterocycles. The van der Waals surface area contributed by atoms with Crippen molar-refractivity contribution in [1.29, 1.82) is 0 Å². The highest BCUT2D eigenvalue weighted by molar-refractivity contribution is 7.89. The van der Waals surface area contributed by atoms with Crippen LogP contribution in [0.3, 0.4) is 0 Å². The Morgan fingerprint density at radius 2 is 1.53 bits per heavy atom. The standard InChI is InChI=1S/C24H26N2O3S/c1-3-26(4-2)30(28,29)22-15-10-14-21(18-22)24(27)25-23-16-9-8-13-20(23)17-19-11-6-5-7-12-19/h5-16,18H,3-4,17H2,1-2H3,(H,25,27). The number of nitrogens with one attached hydrogen (secondary N) is 1. The lowest BCUT2D eigenvalue weighted by Crippen LogP contribution is -2.30. The van der Waals surface area contributed by atoms with E-state index in [4.69, 9.17) is 0 Å². The quantitative estimate of drug-likeness (QED) is 0.579. The van der Waals surface area contributed by atoms with Gasteiger partial charge in [-0.1, -0.05) is 68.4 Å². The highest BCUT2D eigenvalue weighted by Crippen LogP contribution is 2.21. The fourth-order valence-corrected chi connectivity index (χ4v) is 4.82. The molecular weight excluding hydrogens is 396 g/mol. The van der Waals surface area contributed by atoms with Crippen molar-refractivity contribution >= 4 is 21.6 Å². The first-order valence-electron chi connectivity index (χ1n) is 9.99. The van der Waals surface area contributed by atoms with Crippen LogP contribution in [0, 0.1) is 0 Å². The Kier molecular flexibility index (Phi) is 7.03. The van der Waals surface area contributed by atoms with Crippen molar-refractivity contribution in [1.82, 2.24) is 4.31 Å². The second kappa shape index (κ2) is 9.69. The van der Waals surface area contributed by atoms with Crippen molar-refractivity contribution in [3.8, 4) is 0 Å². The highest BCUT2D eigenvalue weighted by atomic mass is 32.2. The molecule has 0 saturated heterocycles. The minimum absolute atomic E-state index is 0.122. The number of carbonyl (C=O) groups excluding carboxylic acids is 1.